The number of rotatable bonds is 4. The summed E-state index contributed by atoms with van der Waals surface area (Å²) in [5, 5.41) is 8.72. The molecule has 0 saturated carbocycles. The molecule has 0 radical (unpaired) electrons. The van der Waals surface area contributed by atoms with E-state index in [-0.39, 0.29) is 0 Å². The van der Waals surface area contributed by atoms with E-state index in [1.54, 1.807) is 6.33 Å². The van der Waals surface area contributed by atoms with Gasteiger partial charge in [0.25, 0.3) is 0 Å². The van der Waals surface area contributed by atoms with Crippen LogP contribution in [0.25, 0.3) is 0 Å². The Bertz CT molecular complexity index is 453. The first-order valence-electron chi connectivity index (χ1n) is 6.43. The lowest BCUT2D eigenvalue weighted by molar-refractivity contribution is 0.0853. The second kappa shape index (κ2) is 6.34. The molecule has 0 atom stereocenters. The number of hydrogen-bond acceptors (Lipinski definition) is 6. The highest BCUT2D eigenvalue weighted by molar-refractivity contribution is 5.50. The number of ether oxygens (including phenoxy) is 1. The van der Waals surface area contributed by atoms with Gasteiger partial charge in [0.05, 0.1) is 6.07 Å². The zero-order chi connectivity index (χ0) is 13.7. The molecule has 6 nitrogen and oxygen atoms in total. The minimum Gasteiger partial charge on any atom is -0.381 e. The summed E-state index contributed by atoms with van der Waals surface area (Å²) in [4.78, 5) is 12.5. The summed E-state index contributed by atoms with van der Waals surface area (Å²) >= 11 is 0. The van der Waals surface area contributed by atoms with Gasteiger partial charge in [-0.2, -0.15) is 5.26 Å². The van der Waals surface area contributed by atoms with E-state index in [2.05, 4.69) is 20.9 Å². The van der Waals surface area contributed by atoms with Gasteiger partial charge in [0.15, 0.2) is 0 Å². The summed E-state index contributed by atoms with van der Waals surface area (Å²) in [6.07, 6.45) is 3.59. The molecule has 102 valence electrons. The lowest BCUT2D eigenvalue weighted by Crippen LogP contribution is -2.37. The zero-order valence-corrected chi connectivity index (χ0v) is 11.4. The molecule has 19 heavy (non-hydrogen) atoms. The van der Waals surface area contributed by atoms with E-state index < -0.39 is 0 Å². The first-order valence-corrected chi connectivity index (χ1v) is 6.43. The van der Waals surface area contributed by atoms with Gasteiger partial charge in [-0.15, -0.1) is 0 Å². The quantitative estimate of drug-likeness (QED) is 0.755. The van der Waals surface area contributed by atoms with Crippen molar-refractivity contribution in [1.82, 2.24) is 9.97 Å². The third-order valence-electron chi connectivity index (χ3n) is 3.44. The molecule has 1 aromatic heterocycles. The molecule has 2 heterocycles. The van der Waals surface area contributed by atoms with Crippen LogP contribution in [0.2, 0.25) is 0 Å². The van der Waals surface area contributed by atoms with Gasteiger partial charge < -0.3 is 14.5 Å². The Balaban J connectivity index is 2.11. The van der Waals surface area contributed by atoms with Gasteiger partial charge in [-0.05, 0) is 12.8 Å². The van der Waals surface area contributed by atoms with Crippen LogP contribution in [0.15, 0.2) is 12.4 Å². The van der Waals surface area contributed by atoms with Gasteiger partial charge in [-0.3, -0.25) is 0 Å². The maximum absolute atomic E-state index is 8.72. The number of anilines is 2. The largest absolute Gasteiger partial charge is 0.381 e. The highest BCUT2D eigenvalue weighted by Crippen LogP contribution is 2.21. The van der Waals surface area contributed by atoms with E-state index in [4.69, 9.17) is 10.00 Å². The fourth-order valence-electron chi connectivity index (χ4n) is 2.19. The Morgan fingerprint density at radius 3 is 2.68 bits per heavy atom. The molecule has 0 unspecified atom stereocenters. The average Bonchev–Trinajstić information content (AvgIpc) is 2.48. The Morgan fingerprint density at radius 2 is 2.00 bits per heavy atom. The Kier molecular flexibility index (Phi) is 4.53. The average molecular weight is 261 g/mol. The molecular formula is C13H19N5O. The molecular weight excluding hydrogens is 242 g/mol. The topological polar surface area (TPSA) is 65.3 Å². The molecule has 0 amide bonds. The van der Waals surface area contributed by atoms with Crippen molar-refractivity contribution in [1.29, 1.82) is 5.26 Å². The number of aromatic nitrogens is 2. The smallest absolute Gasteiger partial charge is 0.134 e. The van der Waals surface area contributed by atoms with Crippen LogP contribution in [-0.4, -0.2) is 49.9 Å². The maximum Gasteiger partial charge on any atom is 0.134 e. The highest BCUT2D eigenvalue weighted by atomic mass is 16.5. The monoisotopic (exact) mass is 261 g/mol. The van der Waals surface area contributed by atoms with Crippen molar-refractivity contribution in [2.45, 2.75) is 18.9 Å². The van der Waals surface area contributed by atoms with Crippen molar-refractivity contribution in [2.24, 2.45) is 0 Å². The van der Waals surface area contributed by atoms with Crippen molar-refractivity contribution in [2.75, 3.05) is 43.7 Å². The van der Waals surface area contributed by atoms with E-state index in [1.807, 2.05) is 25.1 Å². The van der Waals surface area contributed by atoms with Gasteiger partial charge in [-0.25, -0.2) is 9.97 Å². The van der Waals surface area contributed by atoms with Crippen molar-refractivity contribution < 1.29 is 4.74 Å². The molecule has 1 saturated heterocycles. The van der Waals surface area contributed by atoms with Gasteiger partial charge in [-0.1, -0.05) is 0 Å². The predicted molar refractivity (Wildman–Crippen MR) is 73.2 cm³/mol. The van der Waals surface area contributed by atoms with Crippen molar-refractivity contribution in [3.8, 4) is 6.07 Å². The summed E-state index contributed by atoms with van der Waals surface area (Å²) in [7, 11) is 3.90. The van der Waals surface area contributed by atoms with Crippen LogP contribution in [0.5, 0.6) is 0 Å². The van der Waals surface area contributed by atoms with Gasteiger partial charge >= 0.3 is 0 Å². The molecule has 0 aromatic carbocycles. The Labute approximate surface area is 113 Å². The van der Waals surface area contributed by atoms with Crippen LogP contribution in [0, 0.1) is 11.3 Å². The molecule has 1 fully saturated rings. The van der Waals surface area contributed by atoms with Gasteiger partial charge in [0, 0.05) is 39.4 Å². The summed E-state index contributed by atoms with van der Waals surface area (Å²) in [6.45, 7) is 1.93. The molecule has 0 N–H and O–H groups in total. The van der Waals surface area contributed by atoms with E-state index >= 15 is 0 Å². The first-order chi connectivity index (χ1) is 9.22. The summed E-state index contributed by atoms with van der Waals surface area (Å²) < 4.78 is 5.38. The minimum absolute atomic E-state index is 0.317. The maximum atomic E-state index is 8.72. The standard InChI is InChI=1S/C13H19N5O/c1-17(6-5-14)12-9-13(16-10-15-12)18(2)11-3-7-19-8-4-11/h9-11H,3-4,6-8H2,1-2H3. The third kappa shape index (κ3) is 3.32. The molecule has 0 aliphatic carbocycles. The number of nitrogens with zero attached hydrogens (tertiary/aromatic N) is 5. The summed E-state index contributed by atoms with van der Waals surface area (Å²) in [5.74, 6) is 1.66. The van der Waals surface area contributed by atoms with Gasteiger partial charge in [0.2, 0.25) is 0 Å². The fraction of sp³-hybridized carbons (Fsp3) is 0.615. The third-order valence-corrected chi connectivity index (χ3v) is 3.44. The minimum atomic E-state index is 0.317. The zero-order valence-electron chi connectivity index (χ0n) is 11.4. The summed E-state index contributed by atoms with van der Waals surface area (Å²) in [6, 6.07) is 4.49. The fourth-order valence-corrected chi connectivity index (χ4v) is 2.19. The normalized spacial score (nSPS) is 15.8. The van der Waals surface area contributed by atoms with Gasteiger partial charge in [0.1, 0.15) is 24.5 Å². The first kappa shape index (κ1) is 13.6. The predicted octanol–water partition coefficient (Wildman–Crippen LogP) is 1.05. The van der Waals surface area contributed by atoms with Crippen LogP contribution in [0.3, 0.4) is 0 Å². The Hall–Kier alpha value is -1.87. The lowest BCUT2D eigenvalue weighted by atomic mass is 10.1. The summed E-state index contributed by atoms with van der Waals surface area (Å²) in [5.41, 5.74) is 0. The SMILES string of the molecule is CN(CC#N)c1cc(N(C)C2CCOCC2)ncn1. The molecule has 0 spiro atoms. The second-order valence-corrected chi connectivity index (χ2v) is 4.70. The van der Waals surface area contributed by atoms with Crippen LogP contribution in [0.1, 0.15) is 12.8 Å². The molecule has 0 bridgehead atoms. The van der Waals surface area contributed by atoms with Crippen LogP contribution >= 0.6 is 0 Å². The molecule has 1 aliphatic heterocycles. The molecule has 6 heteroatoms. The number of hydrogen-bond donors (Lipinski definition) is 0. The van der Waals surface area contributed by atoms with Crippen molar-refractivity contribution in [3.63, 3.8) is 0 Å². The Morgan fingerprint density at radius 1 is 1.32 bits per heavy atom. The molecule has 2 rings (SSSR count). The number of nitriles is 1. The van der Waals surface area contributed by atoms with Crippen LogP contribution < -0.4 is 9.80 Å². The van der Waals surface area contributed by atoms with E-state index in [9.17, 15) is 0 Å². The van der Waals surface area contributed by atoms with E-state index in [0.717, 1.165) is 37.7 Å². The molecule has 1 aliphatic rings. The van der Waals surface area contributed by atoms with E-state index in [0.29, 0.717) is 12.6 Å². The second-order valence-electron chi connectivity index (χ2n) is 4.70. The van der Waals surface area contributed by atoms with Crippen LogP contribution in [-0.2, 0) is 4.74 Å². The van der Waals surface area contributed by atoms with E-state index in [1.165, 1.54) is 0 Å². The van der Waals surface area contributed by atoms with Crippen molar-refractivity contribution in [3.05, 3.63) is 12.4 Å². The van der Waals surface area contributed by atoms with Crippen molar-refractivity contribution >= 4 is 11.6 Å². The highest BCUT2D eigenvalue weighted by Gasteiger charge is 2.20. The van der Waals surface area contributed by atoms with Crippen LogP contribution in [0.4, 0.5) is 11.6 Å². The lowest BCUT2D eigenvalue weighted by Gasteiger charge is -2.32. The molecule has 1 aromatic rings.